The van der Waals surface area contributed by atoms with Crippen LogP contribution in [0.5, 0.6) is 11.5 Å². The molecular formula is C30H36ClN3O3S. The Morgan fingerprint density at radius 2 is 1.82 bits per heavy atom. The van der Waals surface area contributed by atoms with Gasteiger partial charge in [0.1, 0.15) is 17.3 Å². The average molecular weight is 554 g/mol. The lowest BCUT2D eigenvalue weighted by atomic mass is 9.64. The number of halogens is 1. The number of rotatable bonds is 6. The maximum Gasteiger partial charge on any atom is 0.263 e. The molecule has 1 aliphatic carbocycles. The quantitative estimate of drug-likeness (QED) is 0.251. The zero-order valence-electron chi connectivity index (χ0n) is 22.4. The van der Waals surface area contributed by atoms with Crippen LogP contribution in [0.15, 0.2) is 46.8 Å². The van der Waals surface area contributed by atoms with Gasteiger partial charge in [-0.15, -0.1) is 23.7 Å². The molecule has 0 bridgehead atoms. The standard InChI is InChI=1S/C30H35N3O3S.ClH/c1-18-19(2)26-23(20(3)25(18)34)12-15-29(4,36-26)28(35)32-17-30(13-6-14-30)21-8-10-22(11-9-21)33-27(31)24-7-5-16-37-24;/h5,7-11,16,34H,6,12-15,17H2,1-4H3,(H2,31,33)(H,32,35);1H. The van der Waals surface area contributed by atoms with Gasteiger partial charge < -0.3 is 20.9 Å². The highest BCUT2D eigenvalue weighted by Crippen LogP contribution is 2.45. The third-order valence-electron chi connectivity index (χ3n) is 8.40. The molecular weight excluding hydrogens is 518 g/mol. The maximum atomic E-state index is 13.5. The van der Waals surface area contributed by atoms with E-state index in [-0.39, 0.29) is 23.7 Å². The van der Waals surface area contributed by atoms with Gasteiger partial charge in [0.05, 0.1) is 10.6 Å². The topological polar surface area (TPSA) is 96.9 Å². The van der Waals surface area contributed by atoms with Gasteiger partial charge in [-0.25, -0.2) is 4.99 Å². The van der Waals surface area contributed by atoms with E-state index in [4.69, 9.17) is 10.5 Å². The highest BCUT2D eigenvalue weighted by Gasteiger charge is 2.44. The maximum absolute atomic E-state index is 13.5. The molecule has 5 rings (SSSR count). The van der Waals surface area contributed by atoms with E-state index >= 15 is 0 Å². The van der Waals surface area contributed by atoms with E-state index < -0.39 is 5.60 Å². The fraction of sp³-hybridized carbons (Fsp3) is 0.400. The lowest BCUT2D eigenvalue weighted by molar-refractivity contribution is -0.137. The van der Waals surface area contributed by atoms with Crippen LogP contribution in [0, 0.1) is 20.8 Å². The van der Waals surface area contributed by atoms with E-state index in [1.54, 1.807) is 11.3 Å². The van der Waals surface area contributed by atoms with Crippen LogP contribution in [0.4, 0.5) is 5.69 Å². The van der Waals surface area contributed by atoms with E-state index in [1.165, 1.54) is 5.56 Å². The van der Waals surface area contributed by atoms with Gasteiger partial charge in [0.2, 0.25) is 0 Å². The number of nitrogens with two attached hydrogens (primary N) is 1. The summed E-state index contributed by atoms with van der Waals surface area (Å²) in [6.07, 6.45) is 4.47. The number of aromatic hydroxyl groups is 1. The monoisotopic (exact) mass is 553 g/mol. The van der Waals surface area contributed by atoms with E-state index in [0.717, 1.165) is 57.8 Å². The number of benzene rings is 2. The molecule has 8 heteroatoms. The molecule has 1 unspecified atom stereocenters. The minimum absolute atomic E-state index is 0. The molecule has 6 nitrogen and oxygen atoms in total. The Balaban J connectivity index is 0.00000336. The smallest absolute Gasteiger partial charge is 0.263 e. The normalized spacial score (nSPS) is 19.9. The van der Waals surface area contributed by atoms with Gasteiger partial charge in [-0.1, -0.05) is 24.6 Å². The minimum Gasteiger partial charge on any atom is -0.507 e. The number of nitrogens with one attached hydrogen (secondary N) is 1. The predicted octanol–water partition coefficient (Wildman–Crippen LogP) is 6.16. The van der Waals surface area contributed by atoms with Gasteiger partial charge in [-0.3, -0.25) is 4.79 Å². The number of ether oxygens (including phenoxy) is 1. The summed E-state index contributed by atoms with van der Waals surface area (Å²) in [5, 5.41) is 15.7. The number of aliphatic imine (C=N–C) groups is 1. The lowest BCUT2D eigenvalue weighted by Gasteiger charge is -2.44. The largest absolute Gasteiger partial charge is 0.507 e. The molecule has 1 aromatic heterocycles. The Kier molecular flexibility index (Phi) is 7.82. The third-order valence-corrected chi connectivity index (χ3v) is 9.29. The molecule has 1 atom stereocenters. The van der Waals surface area contributed by atoms with Crippen LogP contribution in [0.2, 0.25) is 0 Å². The van der Waals surface area contributed by atoms with E-state index in [9.17, 15) is 9.90 Å². The average Bonchev–Trinajstić information content (AvgIpc) is 3.41. The van der Waals surface area contributed by atoms with Crippen molar-refractivity contribution >= 4 is 41.2 Å². The van der Waals surface area contributed by atoms with Crippen molar-refractivity contribution in [3.05, 3.63) is 74.5 Å². The summed E-state index contributed by atoms with van der Waals surface area (Å²) >= 11 is 1.57. The van der Waals surface area contributed by atoms with Crippen LogP contribution in [0.3, 0.4) is 0 Å². The Morgan fingerprint density at radius 3 is 2.42 bits per heavy atom. The van der Waals surface area contributed by atoms with Crippen molar-refractivity contribution in [2.75, 3.05) is 6.54 Å². The first kappa shape index (κ1) is 28.0. The number of carbonyl (C=O) groups is 1. The Bertz CT molecular complexity index is 1360. The number of fused-ring (bicyclic) bond motifs is 1. The van der Waals surface area contributed by atoms with Gasteiger partial charge in [0.25, 0.3) is 5.91 Å². The first-order valence-electron chi connectivity index (χ1n) is 12.9. The molecule has 1 fully saturated rings. The number of hydrogen-bond acceptors (Lipinski definition) is 5. The van der Waals surface area contributed by atoms with Crippen molar-refractivity contribution in [2.45, 2.75) is 70.8 Å². The van der Waals surface area contributed by atoms with Crippen LogP contribution in [-0.2, 0) is 16.6 Å². The molecule has 2 aliphatic rings. The highest BCUT2D eigenvalue weighted by molar-refractivity contribution is 7.12. The third kappa shape index (κ3) is 4.90. The predicted molar refractivity (Wildman–Crippen MR) is 157 cm³/mol. The van der Waals surface area contributed by atoms with Crippen LogP contribution in [0.25, 0.3) is 0 Å². The molecule has 1 saturated carbocycles. The number of amidine groups is 1. The number of carbonyl (C=O) groups excluding carboxylic acids is 1. The fourth-order valence-electron chi connectivity index (χ4n) is 5.52. The van der Waals surface area contributed by atoms with Crippen LogP contribution in [0.1, 0.15) is 65.3 Å². The Morgan fingerprint density at radius 1 is 1.11 bits per heavy atom. The number of phenolic OH excluding ortho intramolecular Hbond substituents is 1. The molecule has 2 heterocycles. The van der Waals surface area contributed by atoms with Crippen molar-refractivity contribution in [3.63, 3.8) is 0 Å². The second-order valence-electron chi connectivity index (χ2n) is 10.7. The number of thiophene rings is 1. The van der Waals surface area contributed by atoms with E-state index in [1.807, 2.05) is 57.3 Å². The molecule has 38 heavy (non-hydrogen) atoms. The van der Waals surface area contributed by atoms with Gasteiger partial charge >= 0.3 is 0 Å². The number of nitrogens with zero attached hydrogens (tertiary/aromatic N) is 1. The second kappa shape index (κ2) is 10.6. The Labute approximate surface area is 234 Å². The molecule has 0 spiro atoms. The number of phenols is 1. The van der Waals surface area contributed by atoms with Crippen LogP contribution in [-0.4, -0.2) is 29.0 Å². The SMILES string of the molecule is Cc1c(C)c2c(c(C)c1O)CCC(C)(C(=O)NCC1(c3ccc(N=C(N)c4cccs4)cc3)CCC1)O2.Cl. The fourth-order valence-corrected chi connectivity index (χ4v) is 6.15. The summed E-state index contributed by atoms with van der Waals surface area (Å²) in [4.78, 5) is 19.0. The van der Waals surface area contributed by atoms with E-state index in [0.29, 0.717) is 31.0 Å². The Hall–Kier alpha value is -3.03. The molecule has 1 amide bonds. The van der Waals surface area contributed by atoms with Gasteiger partial charge in [0, 0.05) is 23.9 Å². The molecule has 3 aromatic rings. The minimum atomic E-state index is -0.948. The van der Waals surface area contributed by atoms with Gasteiger partial charge in [-0.2, -0.15) is 0 Å². The molecule has 202 valence electrons. The first-order valence-corrected chi connectivity index (χ1v) is 13.8. The number of amides is 1. The van der Waals surface area contributed by atoms with Crippen LogP contribution < -0.4 is 15.8 Å². The second-order valence-corrected chi connectivity index (χ2v) is 11.6. The molecule has 1 aliphatic heterocycles. The zero-order valence-corrected chi connectivity index (χ0v) is 24.0. The summed E-state index contributed by atoms with van der Waals surface area (Å²) < 4.78 is 6.39. The van der Waals surface area contributed by atoms with Crippen molar-refractivity contribution in [2.24, 2.45) is 10.7 Å². The van der Waals surface area contributed by atoms with Gasteiger partial charge in [-0.05, 0) is 92.8 Å². The number of hydrogen-bond donors (Lipinski definition) is 3. The van der Waals surface area contributed by atoms with Crippen LogP contribution >= 0.6 is 23.7 Å². The lowest BCUT2D eigenvalue weighted by Crippen LogP contribution is -2.55. The summed E-state index contributed by atoms with van der Waals surface area (Å²) in [6.45, 7) is 8.20. The summed E-state index contributed by atoms with van der Waals surface area (Å²) in [7, 11) is 0. The van der Waals surface area contributed by atoms with Crippen molar-refractivity contribution in [1.29, 1.82) is 0 Å². The van der Waals surface area contributed by atoms with Crippen molar-refractivity contribution < 1.29 is 14.6 Å². The van der Waals surface area contributed by atoms with E-state index in [2.05, 4.69) is 22.4 Å². The molecule has 0 saturated heterocycles. The molecule has 0 radical (unpaired) electrons. The van der Waals surface area contributed by atoms with Gasteiger partial charge in [0.15, 0.2) is 5.60 Å². The summed E-state index contributed by atoms with van der Waals surface area (Å²) in [6, 6.07) is 12.2. The molecule has 4 N–H and O–H groups in total. The first-order chi connectivity index (χ1) is 17.6. The highest BCUT2D eigenvalue weighted by atomic mass is 35.5. The summed E-state index contributed by atoms with van der Waals surface area (Å²) in [5.74, 6) is 1.50. The zero-order chi connectivity index (χ0) is 26.4. The van der Waals surface area contributed by atoms with Crippen molar-refractivity contribution in [1.82, 2.24) is 5.32 Å². The van der Waals surface area contributed by atoms with Crippen molar-refractivity contribution in [3.8, 4) is 11.5 Å². The summed E-state index contributed by atoms with van der Waals surface area (Å²) in [5.41, 5.74) is 10.7. The molecule has 2 aromatic carbocycles.